The third kappa shape index (κ3) is 5.16. The predicted octanol–water partition coefficient (Wildman–Crippen LogP) is 5.17. The number of carbonyl (C=O) groups excluding carboxylic acids is 1. The van der Waals surface area contributed by atoms with Gasteiger partial charge in [-0.25, -0.2) is 8.78 Å². The maximum Gasteiger partial charge on any atom is 0.230 e. The van der Waals surface area contributed by atoms with Crippen LogP contribution in [-0.2, 0) is 11.3 Å². The first-order chi connectivity index (χ1) is 12.6. The Hall–Kier alpha value is -2.18. The Bertz CT molecular complexity index is 788. The second-order valence-corrected chi connectivity index (χ2v) is 7.78. The quantitative estimate of drug-likeness (QED) is 0.604. The summed E-state index contributed by atoms with van der Waals surface area (Å²) >= 11 is 3.02. The molecule has 3 rings (SSSR count). The van der Waals surface area contributed by atoms with Gasteiger partial charge < -0.3 is 5.32 Å². The molecule has 0 fully saturated rings. The Morgan fingerprint density at radius 3 is 2.04 bits per heavy atom. The number of rotatable bonds is 7. The highest BCUT2D eigenvalue weighted by Gasteiger charge is 2.17. The Morgan fingerprint density at radius 2 is 1.54 bits per heavy atom. The van der Waals surface area contributed by atoms with Gasteiger partial charge in [0.1, 0.15) is 11.6 Å². The van der Waals surface area contributed by atoms with Crippen molar-refractivity contribution in [2.24, 2.45) is 0 Å². The third-order valence-electron chi connectivity index (χ3n) is 3.77. The van der Waals surface area contributed by atoms with Crippen molar-refractivity contribution in [3.63, 3.8) is 0 Å². The van der Waals surface area contributed by atoms with Gasteiger partial charge in [0, 0.05) is 4.88 Å². The van der Waals surface area contributed by atoms with E-state index in [0.717, 1.165) is 16.0 Å². The molecule has 0 radical (unpaired) electrons. The average molecular weight is 389 g/mol. The second kappa shape index (κ2) is 8.96. The molecular formula is C20H17F2NOS2. The van der Waals surface area contributed by atoms with Crippen LogP contribution in [0.2, 0.25) is 0 Å². The molecule has 2 aromatic carbocycles. The van der Waals surface area contributed by atoms with Gasteiger partial charge in [0.2, 0.25) is 5.91 Å². The van der Waals surface area contributed by atoms with E-state index in [9.17, 15) is 13.6 Å². The van der Waals surface area contributed by atoms with Gasteiger partial charge >= 0.3 is 0 Å². The zero-order valence-electron chi connectivity index (χ0n) is 13.8. The van der Waals surface area contributed by atoms with Gasteiger partial charge in [-0.15, -0.1) is 23.1 Å². The monoisotopic (exact) mass is 389 g/mol. The highest BCUT2D eigenvalue weighted by molar-refractivity contribution is 8.00. The van der Waals surface area contributed by atoms with Crippen molar-refractivity contribution in [3.8, 4) is 0 Å². The van der Waals surface area contributed by atoms with E-state index in [1.54, 1.807) is 35.6 Å². The lowest BCUT2D eigenvalue weighted by molar-refractivity contribution is -0.118. The molecule has 0 aliphatic carbocycles. The fourth-order valence-electron chi connectivity index (χ4n) is 2.47. The van der Waals surface area contributed by atoms with Crippen LogP contribution in [0.4, 0.5) is 8.78 Å². The number of benzene rings is 2. The van der Waals surface area contributed by atoms with E-state index in [1.165, 1.54) is 36.0 Å². The van der Waals surface area contributed by atoms with E-state index in [4.69, 9.17) is 0 Å². The molecule has 1 N–H and O–H groups in total. The summed E-state index contributed by atoms with van der Waals surface area (Å²) in [6, 6.07) is 16.3. The van der Waals surface area contributed by atoms with Crippen LogP contribution in [0.25, 0.3) is 0 Å². The molecular weight excluding hydrogens is 372 g/mol. The van der Waals surface area contributed by atoms with Crippen molar-refractivity contribution in [3.05, 3.63) is 93.7 Å². The van der Waals surface area contributed by atoms with Gasteiger partial charge in [-0.1, -0.05) is 30.3 Å². The molecule has 3 aromatic rings. The van der Waals surface area contributed by atoms with Crippen molar-refractivity contribution in [2.45, 2.75) is 11.8 Å². The molecule has 0 bridgehead atoms. The standard InChI is InChI=1S/C20H17F2NOS2/c21-16-7-3-14(4-8-16)20(15-5-9-17(22)10-6-15)26-13-19(24)23-12-18-2-1-11-25-18/h1-11,20H,12-13H2,(H,23,24). The van der Waals surface area contributed by atoms with Gasteiger partial charge in [0.05, 0.1) is 17.5 Å². The summed E-state index contributed by atoms with van der Waals surface area (Å²) in [6.07, 6.45) is 0. The number of halogens is 2. The molecule has 134 valence electrons. The van der Waals surface area contributed by atoms with Crippen LogP contribution in [0, 0.1) is 11.6 Å². The molecule has 1 aromatic heterocycles. The largest absolute Gasteiger partial charge is 0.350 e. The topological polar surface area (TPSA) is 29.1 Å². The van der Waals surface area contributed by atoms with Crippen LogP contribution in [-0.4, -0.2) is 11.7 Å². The summed E-state index contributed by atoms with van der Waals surface area (Å²) in [4.78, 5) is 13.3. The van der Waals surface area contributed by atoms with E-state index in [2.05, 4.69) is 5.32 Å². The fraction of sp³-hybridized carbons (Fsp3) is 0.150. The van der Waals surface area contributed by atoms with Crippen molar-refractivity contribution in [2.75, 3.05) is 5.75 Å². The molecule has 0 saturated heterocycles. The molecule has 6 heteroatoms. The molecule has 0 saturated carbocycles. The molecule has 0 spiro atoms. The lowest BCUT2D eigenvalue weighted by Gasteiger charge is -2.17. The summed E-state index contributed by atoms with van der Waals surface area (Å²) in [5.41, 5.74) is 1.74. The van der Waals surface area contributed by atoms with E-state index < -0.39 is 0 Å². The zero-order chi connectivity index (χ0) is 18.4. The van der Waals surface area contributed by atoms with Gasteiger partial charge in [0.15, 0.2) is 0 Å². The van der Waals surface area contributed by atoms with Crippen molar-refractivity contribution in [1.29, 1.82) is 0 Å². The highest BCUT2D eigenvalue weighted by atomic mass is 32.2. The highest BCUT2D eigenvalue weighted by Crippen LogP contribution is 2.35. The normalized spacial score (nSPS) is 10.9. The summed E-state index contributed by atoms with van der Waals surface area (Å²) in [6.45, 7) is 0.509. The smallest absolute Gasteiger partial charge is 0.230 e. The minimum Gasteiger partial charge on any atom is -0.350 e. The number of nitrogens with one attached hydrogen (secondary N) is 1. The first-order valence-corrected chi connectivity index (χ1v) is 9.96. The van der Waals surface area contributed by atoms with Crippen LogP contribution >= 0.6 is 23.1 Å². The Kier molecular flexibility index (Phi) is 6.41. The molecule has 2 nitrogen and oxygen atoms in total. The Balaban J connectivity index is 1.68. The molecule has 1 amide bonds. The number of thioether (sulfide) groups is 1. The number of hydrogen-bond acceptors (Lipinski definition) is 3. The van der Waals surface area contributed by atoms with Gasteiger partial charge in [0.25, 0.3) is 0 Å². The predicted molar refractivity (Wildman–Crippen MR) is 103 cm³/mol. The number of carbonyl (C=O) groups is 1. The van der Waals surface area contributed by atoms with Gasteiger partial charge in [-0.2, -0.15) is 0 Å². The Labute approximate surface area is 159 Å². The average Bonchev–Trinajstić information content (AvgIpc) is 3.16. The van der Waals surface area contributed by atoms with Crippen LogP contribution in [0.1, 0.15) is 21.3 Å². The fourth-order valence-corrected chi connectivity index (χ4v) is 4.23. The van der Waals surface area contributed by atoms with Crippen molar-refractivity contribution in [1.82, 2.24) is 5.32 Å². The first kappa shape index (κ1) is 18.6. The van der Waals surface area contributed by atoms with Crippen LogP contribution in [0.15, 0.2) is 66.0 Å². The van der Waals surface area contributed by atoms with Crippen molar-refractivity contribution < 1.29 is 13.6 Å². The molecule has 0 aliphatic rings. The Morgan fingerprint density at radius 1 is 0.962 bits per heavy atom. The number of hydrogen-bond donors (Lipinski definition) is 1. The van der Waals surface area contributed by atoms with E-state index in [1.807, 2.05) is 17.5 Å². The van der Waals surface area contributed by atoms with E-state index in [-0.39, 0.29) is 28.5 Å². The van der Waals surface area contributed by atoms with E-state index in [0.29, 0.717) is 6.54 Å². The molecule has 0 aliphatic heterocycles. The zero-order valence-corrected chi connectivity index (χ0v) is 15.5. The lowest BCUT2D eigenvalue weighted by atomic mass is 10.0. The molecule has 26 heavy (non-hydrogen) atoms. The second-order valence-electron chi connectivity index (χ2n) is 5.65. The minimum absolute atomic E-state index is 0.0716. The third-order valence-corrected chi connectivity index (χ3v) is 5.95. The summed E-state index contributed by atoms with van der Waals surface area (Å²) < 4.78 is 26.5. The summed E-state index contributed by atoms with van der Waals surface area (Å²) in [5.74, 6) is -0.446. The number of thiophene rings is 1. The number of amides is 1. The van der Waals surface area contributed by atoms with Gasteiger partial charge in [-0.3, -0.25) is 4.79 Å². The summed E-state index contributed by atoms with van der Waals surface area (Å²) in [5, 5.41) is 4.68. The SMILES string of the molecule is O=C(CSC(c1ccc(F)cc1)c1ccc(F)cc1)NCc1cccs1. The minimum atomic E-state index is -0.315. The molecule has 0 unspecified atom stereocenters. The lowest BCUT2D eigenvalue weighted by Crippen LogP contribution is -2.24. The maximum atomic E-state index is 13.2. The molecule has 0 atom stereocenters. The van der Waals surface area contributed by atoms with Crippen LogP contribution in [0.3, 0.4) is 0 Å². The van der Waals surface area contributed by atoms with Crippen LogP contribution in [0.5, 0.6) is 0 Å². The van der Waals surface area contributed by atoms with Gasteiger partial charge in [-0.05, 0) is 46.8 Å². The van der Waals surface area contributed by atoms with E-state index >= 15 is 0 Å². The van der Waals surface area contributed by atoms with Crippen LogP contribution < -0.4 is 5.32 Å². The first-order valence-electron chi connectivity index (χ1n) is 8.03. The maximum absolute atomic E-state index is 13.2. The summed E-state index contributed by atoms with van der Waals surface area (Å²) in [7, 11) is 0. The van der Waals surface area contributed by atoms with Crippen molar-refractivity contribution >= 4 is 29.0 Å². The molecule has 1 heterocycles.